The summed E-state index contributed by atoms with van der Waals surface area (Å²) in [5.41, 5.74) is 6.51. The van der Waals surface area contributed by atoms with Crippen LogP contribution in [-0.2, 0) is 6.42 Å². The molecule has 0 atom stereocenters. The zero-order valence-corrected chi connectivity index (χ0v) is 10.0. The second-order valence-corrected chi connectivity index (χ2v) is 3.99. The van der Waals surface area contributed by atoms with Crippen LogP contribution in [0, 0.1) is 10.1 Å². The highest BCUT2D eigenvalue weighted by Gasteiger charge is 2.14. The maximum atomic E-state index is 10.8. The van der Waals surface area contributed by atoms with Crippen molar-refractivity contribution in [2.24, 2.45) is 5.73 Å². The Morgan fingerprint density at radius 1 is 1.50 bits per heavy atom. The standard InChI is InChI=1S/C10H10ClN5O2/c11-9-2-1-8(5-10(9)16(17)18)15-6-7(3-4-12)13-14-15/h1-2,5-6H,3-4,12H2. The van der Waals surface area contributed by atoms with Gasteiger partial charge in [-0.1, -0.05) is 16.8 Å². The third-order valence-electron chi connectivity index (χ3n) is 2.33. The summed E-state index contributed by atoms with van der Waals surface area (Å²) in [6.07, 6.45) is 2.29. The van der Waals surface area contributed by atoms with E-state index < -0.39 is 4.92 Å². The van der Waals surface area contributed by atoms with E-state index in [1.165, 1.54) is 16.8 Å². The highest BCUT2D eigenvalue weighted by Crippen LogP contribution is 2.26. The topological polar surface area (TPSA) is 99.9 Å². The minimum absolute atomic E-state index is 0.0889. The molecule has 0 fully saturated rings. The van der Waals surface area contributed by atoms with Crippen molar-refractivity contribution in [2.45, 2.75) is 6.42 Å². The Morgan fingerprint density at radius 3 is 2.94 bits per heavy atom. The largest absolute Gasteiger partial charge is 0.330 e. The molecule has 94 valence electrons. The molecule has 2 rings (SSSR count). The Labute approximate surface area is 107 Å². The van der Waals surface area contributed by atoms with Crippen LogP contribution in [0.25, 0.3) is 5.69 Å². The molecular weight excluding hydrogens is 258 g/mol. The number of nitro benzene ring substituents is 1. The Hall–Kier alpha value is -1.99. The molecule has 7 nitrogen and oxygen atoms in total. The van der Waals surface area contributed by atoms with Gasteiger partial charge in [0.1, 0.15) is 5.02 Å². The molecule has 0 saturated carbocycles. The first kappa shape index (κ1) is 12.5. The van der Waals surface area contributed by atoms with E-state index in [1.54, 1.807) is 12.3 Å². The quantitative estimate of drug-likeness (QED) is 0.665. The van der Waals surface area contributed by atoms with Gasteiger partial charge in [-0.05, 0) is 18.7 Å². The summed E-state index contributed by atoms with van der Waals surface area (Å²) in [7, 11) is 0. The van der Waals surface area contributed by atoms with E-state index in [1.807, 2.05) is 0 Å². The highest BCUT2D eigenvalue weighted by atomic mass is 35.5. The molecule has 2 aromatic rings. The zero-order chi connectivity index (χ0) is 13.1. The molecule has 0 aliphatic heterocycles. The molecule has 1 heterocycles. The van der Waals surface area contributed by atoms with Crippen molar-refractivity contribution in [1.29, 1.82) is 0 Å². The average Bonchev–Trinajstić information content (AvgIpc) is 2.78. The molecule has 2 N–H and O–H groups in total. The summed E-state index contributed by atoms with van der Waals surface area (Å²) in [6.45, 7) is 0.472. The normalized spacial score (nSPS) is 10.6. The molecule has 0 radical (unpaired) electrons. The van der Waals surface area contributed by atoms with Crippen LogP contribution in [0.2, 0.25) is 5.02 Å². The maximum absolute atomic E-state index is 10.8. The highest BCUT2D eigenvalue weighted by molar-refractivity contribution is 6.32. The predicted octanol–water partition coefficient (Wildman–Crippen LogP) is 1.33. The van der Waals surface area contributed by atoms with Crippen LogP contribution in [0.15, 0.2) is 24.4 Å². The number of benzene rings is 1. The summed E-state index contributed by atoms with van der Waals surface area (Å²) >= 11 is 5.73. The molecule has 0 aliphatic rings. The van der Waals surface area contributed by atoms with Crippen molar-refractivity contribution >= 4 is 17.3 Å². The number of hydrogen-bond donors (Lipinski definition) is 1. The number of nitrogens with zero attached hydrogens (tertiary/aromatic N) is 4. The third kappa shape index (κ3) is 2.47. The minimum Gasteiger partial charge on any atom is -0.330 e. The Kier molecular flexibility index (Phi) is 3.54. The molecule has 0 amide bonds. The van der Waals surface area contributed by atoms with Crippen LogP contribution < -0.4 is 5.73 Å². The molecule has 0 unspecified atom stereocenters. The van der Waals surface area contributed by atoms with E-state index in [4.69, 9.17) is 17.3 Å². The van der Waals surface area contributed by atoms with Crippen LogP contribution in [0.1, 0.15) is 5.69 Å². The van der Waals surface area contributed by atoms with Gasteiger partial charge in [0, 0.05) is 12.5 Å². The second-order valence-electron chi connectivity index (χ2n) is 3.59. The van der Waals surface area contributed by atoms with E-state index in [0.29, 0.717) is 18.7 Å². The molecule has 18 heavy (non-hydrogen) atoms. The van der Waals surface area contributed by atoms with Crippen LogP contribution in [-0.4, -0.2) is 26.5 Å². The maximum Gasteiger partial charge on any atom is 0.290 e. The first-order valence-corrected chi connectivity index (χ1v) is 5.55. The summed E-state index contributed by atoms with van der Waals surface area (Å²) in [5, 5.41) is 18.7. The van der Waals surface area contributed by atoms with Gasteiger partial charge in [-0.3, -0.25) is 10.1 Å². The molecule has 1 aromatic carbocycles. The summed E-state index contributed by atoms with van der Waals surface area (Å²) in [4.78, 5) is 10.2. The first-order chi connectivity index (χ1) is 8.61. The van der Waals surface area contributed by atoms with E-state index in [2.05, 4.69) is 10.3 Å². The molecule has 8 heteroatoms. The predicted molar refractivity (Wildman–Crippen MR) is 65.8 cm³/mol. The van der Waals surface area contributed by atoms with E-state index in [9.17, 15) is 10.1 Å². The lowest BCUT2D eigenvalue weighted by molar-refractivity contribution is -0.384. The van der Waals surface area contributed by atoms with Gasteiger partial charge in [-0.15, -0.1) is 5.10 Å². The van der Waals surface area contributed by atoms with Crippen LogP contribution >= 0.6 is 11.6 Å². The fourth-order valence-corrected chi connectivity index (χ4v) is 1.66. The van der Waals surface area contributed by atoms with Gasteiger partial charge in [0.2, 0.25) is 0 Å². The molecule has 0 aliphatic carbocycles. The lowest BCUT2D eigenvalue weighted by Gasteiger charge is -2.00. The fraction of sp³-hybridized carbons (Fsp3) is 0.200. The van der Waals surface area contributed by atoms with Gasteiger partial charge in [-0.2, -0.15) is 0 Å². The van der Waals surface area contributed by atoms with Crippen molar-refractivity contribution in [2.75, 3.05) is 6.54 Å². The van der Waals surface area contributed by atoms with Gasteiger partial charge >= 0.3 is 0 Å². The SMILES string of the molecule is NCCc1cn(-c2ccc(Cl)c([N+](=O)[O-])c2)nn1. The number of aromatic nitrogens is 3. The van der Waals surface area contributed by atoms with Crippen molar-refractivity contribution in [3.63, 3.8) is 0 Å². The van der Waals surface area contributed by atoms with E-state index in [-0.39, 0.29) is 10.7 Å². The van der Waals surface area contributed by atoms with Crippen LogP contribution in [0.4, 0.5) is 5.69 Å². The summed E-state index contributed by atoms with van der Waals surface area (Å²) in [6, 6.07) is 4.44. The van der Waals surface area contributed by atoms with Crippen molar-refractivity contribution < 1.29 is 4.92 Å². The smallest absolute Gasteiger partial charge is 0.290 e. The van der Waals surface area contributed by atoms with Crippen LogP contribution in [0.3, 0.4) is 0 Å². The number of nitrogens with two attached hydrogens (primary N) is 1. The monoisotopic (exact) mass is 267 g/mol. The van der Waals surface area contributed by atoms with Crippen molar-refractivity contribution in [3.05, 3.63) is 45.2 Å². The Balaban J connectivity index is 2.38. The lowest BCUT2D eigenvalue weighted by atomic mass is 10.3. The number of hydrogen-bond acceptors (Lipinski definition) is 5. The van der Waals surface area contributed by atoms with E-state index >= 15 is 0 Å². The van der Waals surface area contributed by atoms with Gasteiger partial charge in [0.25, 0.3) is 5.69 Å². The van der Waals surface area contributed by atoms with Gasteiger partial charge in [0.15, 0.2) is 0 Å². The zero-order valence-electron chi connectivity index (χ0n) is 9.28. The number of nitro groups is 1. The Morgan fingerprint density at radius 2 is 2.28 bits per heavy atom. The third-order valence-corrected chi connectivity index (χ3v) is 2.65. The second kappa shape index (κ2) is 5.11. The van der Waals surface area contributed by atoms with Gasteiger partial charge < -0.3 is 5.73 Å². The number of halogens is 1. The van der Waals surface area contributed by atoms with Gasteiger partial charge in [-0.25, -0.2) is 4.68 Å². The van der Waals surface area contributed by atoms with Crippen molar-refractivity contribution in [1.82, 2.24) is 15.0 Å². The molecule has 0 bridgehead atoms. The van der Waals surface area contributed by atoms with Crippen molar-refractivity contribution in [3.8, 4) is 5.69 Å². The van der Waals surface area contributed by atoms with Gasteiger partial charge in [0.05, 0.1) is 22.5 Å². The lowest BCUT2D eigenvalue weighted by Crippen LogP contribution is -2.02. The average molecular weight is 268 g/mol. The Bertz CT molecular complexity index is 583. The molecule has 0 saturated heterocycles. The summed E-state index contributed by atoms with van der Waals surface area (Å²) in [5.74, 6) is 0. The van der Waals surface area contributed by atoms with E-state index in [0.717, 1.165) is 5.69 Å². The fourth-order valence-electron chi connectivity index (χ4n) is 1.47. The summed E-state index contributed by atoms with van der Waals surface area (Å²) < 4.78 is 1.45. The molecular formula is C10H10ClN5O2. The number of rotatable bonds is 4. The first-order valence-electron chi connectivity index (χ1n) is 5.17. The molecule has 0 spiro atoms. The molecule has 1 aromatic heterocycles. The van der Waals surface area contributed by atoms with Crippen LogP contribution in [0.5, 0.6) is 0 Å². The minimum atomic E-state index is -0.538.